The van der Waals surface area contributed by atoms with E-state index in [1.54, 1.807) is 0 Å². The number of nitrogens with zero attached hydrogens (tertiary/aromatic N) is 5. The summed E-state index contributed by atoms with van der Waals surface area (Å²) in [5.74, 6) is 0.453. The quantitative estimate of drug-likeness (QED) is 0.496. The van der Waals surface area contributed by atoms with Gasteiger partial charge in [-0.2, -0.15) is 0 Å². The zero-order valence-corrected chi connectivity index (χ0v) is 23.0. The van der Waals surface area contributed by atoms with E-state index in [2.05, 4.69) is 35.9 Å². The van der Waals surface area contributed by atoms with Crippen LogP contribution in [0.15, 0.2) is 34.9 Å². The molecule has 1 aromatic carbocycles. The first-order valence-corrected chi connectivity index (χ1v) is 13.3. The molecule has 0 bridgehead atoms. The number of anilines is 1. The van der Waals surface area contributed by atoms with Gasteiger partial charge in [0.25, 0.3) is 11.6 Å². The second-order valence-corrected chi connectivity index (χ2v) is 10.9. The number of aryl methyl sites for hydroxylation is 1. The molecule has 0 N–H and O–H groups in total. The molecule has 1 aliphatic rings. The van der Waals surface area contributed by atoms with Crippen molar-refractivity contribution in [2.24, 2.45) is 5.92 Å². The number of carbonyl (C=O) groups is 2. The highest BCUT2D eigenvalue weighted by molar-refractivity contribution is 6.06. The molecule has 3 heterocycles. The topological polar surface area (TPSA) is 82.8 Å². The van der Waals surface area contributed by atoms with E-state index in [0.717, 1.165) is 36.5 Å². The molecule has 0 saturated carbocycles. The van der Waals surface area contributed by atoms with Crippen LogP contribution in [0.4, 0.5) is 5.69 Å². The molecule has 0 saturated heterocycles. The Morgan fingerprint density at radius 3 is 2.54 bits per heavy atom. The third kappa shape index (κ3) is 6.01. The Morgan fingerprint density at radius 1 is 1.05 bits per heavy atom. The summed E-state index contributed by atoms with van der Waals surface area (Å²) in [6, 6.07) is 9.86. The standard InChI is InChI=1S/C29H39N5O3/c1-19(2)16-26(35)34-13-9-12-32(6)14-15-33(18-22-10-7-8-11-25(22)34)29(36)23-17-24(20(3)4)30-28-27(23)21(5)31-37-28/h7-8,10-11,17,19-20H,9,12-16,18H2,1-6H3. The van der Waals surface area contributed by atoms with Crippen LogP contribution < -0.4 is 4.90 Å². The molecule has 3 aromatic rings. The smallest absolute Gasteiger partial charge is 0.259 e. The number of amides is 2. The predicted molar refractivity (Wildman–Crippen MR) is 146 cm³/mol. The lowest BCUT2D eigenvalue weighted by Gasteiger charge is -2.28. The molecule has 0 spiro atoms. The van der Waals surface area contributed by atoms with Crippen LogP contribution in [0.3, 0.4) is 0 Å². The first-order chi connectivity index (χ1) is 17.7. The molecule has 2 amide bonds. The van der Waals surface area contributed by atoms with E-state index >= 15 is 0 Å². The minimum atomic E-state index is -0.0805. The number of fused-ring (bicyclic) bond motifs is 2. The Morgan fingerprint density at radius 2 is 1.81 bits per heavy atom. The number of rotatable bonds is 4. The zero-order valence-electron chi connectivity index (χ0n) is 23.0. The third-order valence-electron chi connectivity index (χ3n) is 6.95. The molecule has 0 unspecified atom stereocenters. The molecule has 8 heteroatoms. The Balaban J connectivity index is 1.77. The van der Waals surface area contributed by atoms with Crippen LogP contribution in [0.1, 0.15) is 73.8 Å². The summed E-state index contributed by atoms with van der Waals surface area (Å²) in [5.41, 5.74) is 4.27. The first kappa shape index (κ1) is 26.8. The van der Waals surface area contributed by atoms with Crippen molar-refractivity contribution in [1.82, 2.24) is 19.9 Å². The van der Waals surface area contributed by atoms with Crippen molar-refractivity contribution in [3.05, 3.63) is 52.8 Å². The second-order valence-electron chi connectivity index (χ2n) is 10.9. The van der Waals surface area contributed by atoms with Crippen molar-refractivity contribution in [1.29, 1.82) is 0 Å². The largest absolute Gasteiger partial charge is 0.336 e. The average Bonchev–Trinajstić information content (AvgIpc) is 3.22. The first-order valence-electron chi connectivity index (χ1n) is 13.3. The fraction of sp³-hybridized carbons (Fsp3) is 0.517. The van der Waals surface area contributed by atoms with Gasteiger partial charge in [-0.15, -0.1) is 0 Å². The van der Waals surface area contributed by atoms with Crippen molar-refractivity contribution in [3.63, 3.8) is 0 Å². The molecule has 37 heavy (non-hydrogen) atoms. The molecule has 2 aromatic heterocycles. The SMILES string of the molecule is Cc1noc2nc(C(C)C)cc(C(=O)N3CCN(C)CCCN(C(=O)CC(C)C)c4ccccc4C3)c12. The number of carbonyl (C=O) groups excluding carboxylic acids is 2. The van der Waals surface area contributed by atoms with E-state index in [4.69, 9.17) is 4.52 Å². The van der Waals surface area contributed by atoms with Crippen LogP contribution in [0, 0.1) is 12.8 Å². The van der Waals surface area contributed by atoms with E-state index in [-0.39, 0.29) is 23.7 Å². The number of hydrogen-bond acceptors (Lipinski definition) is 6. The van der Waals surface area contributed by atoms with Gasteiger partial charge in [-0.1, -0.05) is 51.1 Å². The Hall–Kier alpha value is -3.26. The van der Waals surface area contributed by atoms with Crippen molar-refractivity contribution in [3.8, 4) is 0 Å². The molecule has 4 rings (SSSR count). The lowest BCUT2D eigenvalue weighted by atomic mass is 10.0. The zero-order chi connectivity index (χ0) is 26.7. The van der Waals surface area contributed by atoms with Gasteiger partial charge in [-0.05, 0) is 56.5 Å². The van der Waals surface area contributed by atoms with E-state index < -0.39 is 0 Å². The maximum atomic E-state index is 14.2. The molecular weight excluding hydrogens is 466 g/mol. The lowest BCUT2D eigenvalue weighted by Crippen LogP contribution is -2.37. The molecule has 8 nitrogen and oxygen atoms in total. The van der Waals surface area contributed by atoms with Crippen LogP contribution in [0.25, 0.3) is 11.1 Å². The molecule has 0 fully saturated rings. The van der Waals surface area contributed by atoms with Crippen LogP contribution in [-0.2, 0) is 11.3 Å². The van der Waals surface area contributed by atoms with E-state index in [9.17, 15) is 9.59 Å². The van der Waals surface area contributed by atoms with Crippen molar-refractivity contribution in [2.75, 3.05) is 38.1 Å². The molecule has 0 aliphatic carbocycles. The average molecular weight is 506 g/mol. The highest BCUT2D eigenvalue weighted by Crippen LogP contribution is 2.29. The summed E-state index contributed by atoms with van der Waals surface area (Å²) in [4.78, 5) is 38.1. The number of benzene rings is 1. The summed E-state index contributed by atoms with van der Waals surface area (Å²) in [6.45, 7) is 13.3. The van der Waals surface area contributed by atoms with Gasteiger partial charge in [-0.3, -0.25) is 9.59 Å². The van der Waals surface area contributed by atoms with Crippen molar-refractivity contribution in [2.45, 2.75) is 59.9 Å². The number of hydrogen-bond donors (Lipinski definition) is 0. The molecule has 0 radical (unpaired) electrons. The summed E-state index contributed by atoms with van der Waals surface area (Å²) >= 11 is 0. The van der Waals surface area contributed by atoms with Crippen molar-refractivity contribution < 1.29 is 14.1 Å². The monoisotopic (exact) mass is 505 g/mol. The minimum Gasteiger partial charge on any atom is -0.336 e. The van der Waals surface area contributed by atoms with Crippen LogP contribution in [0.2, 0.25) is 0 Å². The van der Waals surface area contributed by atoms with Crippen LogP contribution in [-0.4, -0.2) is 65.0 Å². The number of para-hydroxylation sites is 1. The van der Waals surface area contributed by atoms with E-state index in [1.807, 2.05) is 60.9 Å². The maximum absolute atomic E-state index is 14.2. The third-order valence-corrected chi connectivity index (χ3v) is 6.95. The lowest BCUT2D eigenvalue weighted by molar-refractivity contribution is -0.119. The Kier molecular flexibility index (Phi) is 8.27. The van der Waals surface area contributed by atoms with E-state index in [0.29, 0.717) is 48.4 Å². The fourth-order valence-corrected chi connectivity index (χ4v) is 4.86. The van der Waals surface area contributed by atoms with Gasteiger partial charge in [-0.25, -0.2) is 4.98 Å². The van der Waals surface area contributed by atoms with Gasteiger partial charge in [0.05, 0.1) is 16.6 Å². The number of likely N-dealkylation sites (N-methyl/N-ethyl adjacent to an activating group) is 1. The highest BCUT2D eigenvalue weighted by Gasteiger charge is 2.27. The minimum absolute atomic E-state index is 0.0805. The van der Waals surface area contributed by atoms with Gasteiger partial charge >= 0.3 is 0 Å². The predicted octanol–water partition coefficient (Wildman–Crippen LogP) is 5.01. The highest BCUT2D eigenvalue weighted by atomic mass is 16.5. The second kappa shape index (κ2) is 11.4. The van der Waals surface area contributed by atoms with Crippen LogP contribution >= 0.6 is 0 Å². The van der Waals surface area contributed by atoms with E-state index in [1.165, 1.54) is 0 Å². The van der Waals surface area contributed by atoms with Gasteiger partial charge in [0, 0.05) is 44.0 Å². The normalized spacial score (nSPS) is 15.8. The summed E-state index contributed by atoms with van der Waals surface area (Å²) < 4.78 is 5.48. The summed E-state index contributed by atoms with van der Waals surface area (Å²) in [7, 11) is 2.07. The molecule has 0 atom stereocenters. The van der Waals surface area contributed by atoms with Crippen molar-refractivity contribution >= 4 is 28.6 Å². The van der Waals surface area contributed by atoms with Gasteiger partial charge in [0.1, 0.15) is 0 Å². The van der Waals surface area contributed by atoms with Crippen LogP contribution in [0.5, 0.6) is 0 Å². The summed E-state index contributed by atoms with van der Waals surface area (Å²) in [5, 5.41) is 4.76. The van der Waals surface area contributed by atoms with Gasteiger partial charge in [0.2, 0.25) is 5.91 Å². The maximum Gasteiger partial charge on any atom is 0.259 e. The van der Waals surface area contributed by atoms with Gasteiger partial charge < -0.3 is 19.2 Å². The van der Waals surface area contributed by atoms with Gasteiger partial charge in [0.15, 0.2) is 0 Å². The Labute approximate surface area is 219 Å². The Bertz CT molecular complexity index is 1270. The fourth-order valence-electron chi connectivity index (χ4n) is 4.86. The number of pyridine rings is 1. The molecule has 198 valence electrons. The summed E-state index contributed by atoms with van der Waals surface area (Å²) in [6.07, 6.45) is 1.36. The number of aromatic nitrogens is 2. The molecule has 1 aliphatic heterocycles. The molecular formula is C29H39N5O3.